The van der Waals surface area contributed by atoms with Gasteiger partial charge in [0.2, 0.25) is 0 Å². The standard InChI is InChI=1S/C17H18ClFN2O5S/c1-26-10-13(22)9-20-17(23)11-2-7-15(18)16(8-11)21-27(24,25)14-5-3-12(19)4-6-14/h2-8,13,21-22H,9-10H2,1H3,(H,20,23)/t13-/m1/s1. The summed E-state index contributed by atoms with van der Waals surface area (Å²) in [4.78, 5) is 12.0. The van der Waals surface area contributed by atoms with E-state index in [4.69, 9.17) is 16.3 Å². The number of nitrogens with one attached hydrogen (secondary N) is 2. The Morgan fingerprint density at radius 3 is 2.56 bits per heavy atom. The molecular weight excluding hydrogens is 399 g/mol. The van der Waals surface area contributed by atoms with E-state index in [-0.39, 0.29) is 34.3 Å². The van der Waals surface area contributed by atoms with Gasteiger partial charge in [-0.1, -0.05) is 11.6 Å². The third-order valence-corrected chi connectivity index (χ3v) is 5.17. The summed E-state index contributed by atoms with van der Waals surface area (Å²) in [6, 6.07) is 8.30. The number of amides is 1. The van der Waals surface area contributed by atoms with Crippen molar-refractivity contribution in [2.24, 2.45) is 0 Å². The quantitative estimate of drug-likeness (QED) is 0.610. The molecule has 0 saturated carbocycles. The Labute approximate surface area is 161 Å². The summed E-state index contributed by atoms with van der Waals surface area (Å²) in [6.45, 7) is 0.0234. The lowest BCUT2D eigenvalue weighted by Gasteiger charge is -2.13. The molecule has 146 valence electrons. The SMILES string of the molecule is COC[C@H](O)CNC(=O)c1ccc(Cl)c(NS(=O)(=O)c2ccc(F)cc2)c1. The van der Waals surface area contributed by atoms with Crippen molar-refractivity contribution < 1.29 is 27.4 Å². The van der Waals surface area contributed by atoms with Crippen LogP contribution in [0.5, 0.6) is 0 Å². The largest absolute Gasteiger partial charge is 0.389 e. The van der Waals surface area contributed by atoms with Crippen LogP contribution in [0.3, 0.4) is 0 Å². The lowest BCUT2D eigenvalue weighted by atomic mass is 10.2. The van der Waals surface area contributed by atoms with E-state index in [2.05, 4.69) is 10.0 Å². The molecule has 2 rings (SSSR count). The van der Waals surface area contributed by atoms with Crippen LogP contribution in [0.15, 0.2) is 47.4 Å². The fourth-order valence-corrected chi connectivity index (χ4v) is 3.42. The van der Waals surface area contributed by atoms with Gasteiger partial charge in [-0.3, -0.25) is 9.52 Å². The van der Waals surface area contributed by atoms with E-state index in [9.17, 15) is 22.7 Å². The van der Waals surface area contributed by atoms with Crippen LogP contribution in [0.25, 0.3) is 0 Å². The zero-order valence-corrected chi connectivity index (χ0v) is 15.8. The first-order valence-electron chi connectivity index (χ1n) is 7.76. The lowest BCUT2D eigenvalue weighted by Crippen LogP contribution is -2.34. The molecule has 0 aliphatic rings. The molecule has 3 N–H and O–H groups in total. The van der Waals surface area contributed by atoms with Crippen molar-refractivity contribution in [2.45, 2.75) is 11.0 Å². The molecule has 0 spiro atoms. The van der Waals surface area contributed by atoms with Gasteiger partial charge in [-0.05, 0) is 42.5 Å². The maximum atomic E-state index is 13.0. The number of hydrogen-bond donors (Lipinski definition) is 3. The predicted molar refractivity (Wildman–Crippen MR) is 98.9 cm³/mol. The highest BCUT2D eigenvalue weighted by molar-refractivity contribution is 7.92. The van der Waals surface area contributed by atoms with Gasteiger partial charge in [0.25, 0.3) is 15.9 Å². The summed E-state index contributed by atoms with van der Waals surface area (Å²) in [7, 11) is -2.60. The van der Waals surface area contributed by atoms with Gasteiger partial charge >= 0.3 is 0 Å². The van der Waals surface area contributed by atoms with Gasteiger partial charge in [0.05, 0.1) is 28.3 Å². The molecule has 1 amide bonds. The van der Waals surface area contributed by atoms with Gasteiger partial charge in [0.15, 0.2) is 0 Å². The third kappa shape index (κ3) is 5.90. The Hall–Kier alpha value is -2.20. The number of rotatable bonds is 8. The Kier molecular flexibility index (Phi) is 7.14. The van der Waals surface area contributed by atoms with Gasteiger partial charge in [0.1, 0.15) is 5.82 Å². The van der Waals surface area contributed by atoms with E-state index in [1.807, 2.05) is 0 Å². The van der Waals surface area contributed by atoms with E-state index in [1.165, 1.54) is 25.3 Å². The minimum Gasteiger partial charge on any atom is -0.389 e. The minimum atomic E-state index is -4.02. The first kappa shape index (κ1) is 21.1. The van der Waals surface area contributed by atoms with Gasteiger partial charge in [-0.15, -0.1) is 0 Å². The maximum absolute atomic E-state index is 13.0. The molecular formula is C17H18ClFN2O5S. The van der Waals surface area contributed by atoms with E-state index >= 15 is 0 Å². The molecule has 0 radical (unpaired) electrons. The highest BCUT2D eigenvalue weighted by Gasteiger charge is 2.18. The van der Waals surface area contributed by atoms with Gasteiger partial charge < -0.3 is 15.2 Å². The monoisotopic (exact) mass is 416 g/mol. The Bertz CT molecular complexity index is 906. The Morgan fingerprint density at radius 1 is 1.26 bits per heavy atom. The average molecular weight is 417 g/mol. The summed E-state index contributed by atoms with van der Waals surface area (Å²) in [6.07, 6.45) is -0.873. The number of aliphatic hydroxyl groups is 1. The summed E-state index contributed by atoms with van der Waals surface area (Å²) >= 11 is 6.01. The van der Waals surface area contributed by atoms with E-state index < -0.39 is 27.9 Å². The lowest BCUT2D eigenvalue weighted by molar-refractivity contribution is 0.0610. The molecule has 0 heterocycles. The number of carbonyl (C=O) groups excluding carboxylic acids is 1. The molecule has 27 heavy (non-hydrogen) atoms. The average Bonchev–Trinajstić information content (AvgIpc) is 2.62. The first-order valence-corrected chi connectivity index (χ1v) is 9.62. The van der Waals surface area contributed by atoms with Crippen LogP contribution in [0.1, 0.15) is 10.4 Å². The Morgan fingerprint density at radius 2 is 1.93 bits per heavy atom. The van der Waals surface area contributed by atoms with Crippen molar-refractivity contribution in [2.75, 3.05) is 25.0 Å². The van der Waals surface area contributed by atoms with Crippen molar-refractivity contribution in [3.05, 3.63) is 58.9 Å². The van der Waals surface area contributed by atoms with Crippen molar-refractivity contribution in [1.82, 2.24) is 5.32 Å². The second-order valence-electron chi connectivity index (χ2n) is 5.57. The van der Waals surface area contributed by atoms with Gasteiger partial charge in [-0.25, -0.2) is 12.8 Å². The summed E-state index contributed by atoms with van der Waals surface area (Å²) in [5.74, 6) is -1.09. The van der Waals surface area contributed by atoms with Crippen LogP contribution < -0.4 is 10.0 Å². The molecule has 0 fully saturated rings. The number of methoxy groups -OCH3 is 1. The minimum absolute atomic E-state index is 0.00826. The molecule has 7 nitrogen and oxygen atoms in total. The second kappa shape index (κ2) is 9.14. The highest BCUT2D eigenvalue weighted by Crippen LogP contribution is 2.26. The number of anilines is 1. The van der Waals surface area contributed by atoms with Crippen LogP contribution >= 0.6 is 11.6 Å². The van der Waals surface area contributed by atoms with Gasteiger partial charge in [0, 0.05) is 19.2 Å². The van der Waals surface area contributed by atoms with Crippen molar-refractivity contribution in [3.63, 3.8) is 0 Å². The smallest absolute Gasteiger partial charge is 0.261 e. The zero-order chi connectivity index (χ0) is 20.0. The van der Waals surface area contributed by atoms with Crippen LogP contribution in [-0.2, 0) is 14.8 Å². The zero-order valence-electron chi connectivity index (χ0n) is 14.3. The molecule has 0 unspecified atom stereocenters. The fourth-order valence-electron chi connectivity index (χ4n) is 2.13. The number of aliphatic hydroxyl groups excluding tert-OH is 1. The van der Waals surface area contributed by atoms with Crippen molar-refractivity contribution >= 4 is 33.2 Å². The number of hydrogen-bond acceptors (Lipinski definition) is 5. The highest BCUT2D eigenvalue weighted by atomic mass is 35.5. The number of halogens is 2. The molecule has 1 atom stereocenters. The molecule has 0 aliphatic carbocycles. The molecule has 2 aromatic rings. The summed E-state index contributed by atoms with van der Waals surface area (Å²) < 4.78 is 44.8. The third-order valence-electron chi connectivity index (χ3n) is 3.45. The molecule has 10 heteroatoms. The maximum Gasteiger partial charge on any atom is 0.261 e. The molecule has 2 aromatic carbocycles. The number of benzene rings is 2. The van der Waals surface area contributed by atoms with E-state index in [1.54, 1.807) is 0 Å². The Balaban J connectivity index is 2.17. The molecule has 0 aromatic heterocycles. The summed E-state index contributed by atoms with van der Waals surface area (Å²) in [5, 5.41) is 12.1. The van der Waals surface area contributed by atoms with Crippen LogP contribution in [0.2, 0.25) is 5.02 Å². The topological polar surface area (TPSA) is 105 Å². The molecule has 0 saturated heterocycles. The number of sulfonamides is 1. The molecule has 0 bridgehead atoms. The first-order chi connectivity index (χ1) is 12.7. The van der Waals surface area contributed by atoms with Crippen LogP contribution in [0.4, 0.5) is 10.1 Å². The number of carbonyl (C=O) groups is 1. The van der Waals surface area contributed by atoms with Crippen LogP contribution in [0, 0.1) is 5.82 Å². The van der Waals surface area contributed by atoms with Gasteiger partial charge in [-0.2, -0.15) is 0 Å². The summed E-state index contributed by atoms with van der Waals surface area (Å²) in [5.41, 5.74) is 0.131. The normalized spacial score (nSPS) is 12.4. The number of ether oxygens (including phenoxy) is 1. The van der Waals surface area contributed by atoms with E-state index in [0.29, 0.717) is 0 Å². The fraction of sp³-hybridized carbons (Fsp3) is 0.235. The van der Waals surface area contributed by atoms with Crippen molar-refractivity contribution in [1.29, 1.82) is 0 Å². The van der Waals surface area contributed by atoms with E-state index in [0.717, 1.165) is 24.3 Å². The second-order valence-corrected chi connectivity index (χ2v) is 7.66. The van der Waals surface area contributed by atoms with Crippen LogP contribution in [-0.4, -0.2) is 45.8 Å². The molecule has 0 aliphatic heterocycles. The predicted octanol–water partition coefficient (Wildman–Crippen LogP) is 2.02. The van der Waals surface area contributed by atoms with Crippen molar-refractivity contribution in [3.8, 4) is 0 Å².